The Bertz CT molecular complexity index is 312. The molecule has 0 atom stereocenters. The van der Waals surface area contributed by atoms with Gasteiger partial charge < -0.3 is 10.5 Å². The second-order valence-electron chi connectivity index (χ2n) is 4.07. The minimum absolute atomic E-state index is 0.245. The zero-order valence-electron chi connectivity index (χ0n) is 8.62. The van der Waals surface area contributed by atoms with Gasteiger partial charge in [0, 0.05) is 12.0 Å². The van der Waals surface area contributed by atoms with Crippen LogP contribution in [0.2, 0.25) is 0 Å². The molecule has 2 heteroatoms. The van der Waals surface area contributed by atoms with E-state index in [0.717, 1.165) is 12.3 Å². The second-order valence-corrected chi connectivity index (χ2v) is 4.07. The number of nitrogens with two attached hydrogens (primary N) is 1. The average molecular weight is 191 g/mol. The highest BCUT2D eigenvalue weighted by molar-refractivity contribution is 5.35. The molecule has 2 nitrogen and oxygen atoms in total. The highest BCUT2D eigenvalue weighted by Crippen LogP contribution is 2.43. The predicted molar refractivity (Wildman–Crippen MR) is 57.6 cm³/mol. The maximum Gasteiger partial charge on any atom is 0.119 e. The largest absolute Gasteiger partial charge is 0.497 e. The van der Waals surface area contributed by atoms with E-state index in [-0.39, 0.29) is 5.41 Å². The fourth-order valence-electron chi connectivity index (χ4n) is 2.17. The van der Waals surface area contributed by atoms with Crippen LogP contribution in [0.5, 0.6) is 5.75 Å². The van der Waals surface area contributed by atoms with Crippen molar-refractivity contribution in [2.45, 2.75) is 24.7 Å². The Morgan fingerprint density at radius 3 is 2.71 bits per heavy atom. The van der Waals surface area contributed by atoms with Crippen LogP contribution >= 0.6 is 0 Å². The van der Waals surface area contributed by atoms with Crippen molar-refractivity contribution in [3.05, 3.63) is 29.8 Å². The molecule has 2 N–H and O–H groups in total. The van der Waals surface area contributed by atoms with Crippen molar-refractivity contribution < 1.29 is 4.74 Å². The van der Waals surface area contributed by atoms with Crippen LogP contribution in [0.25, 0.3) is 0 Å². The Kier molecular flexibility index (Phi) is 2.46. The topological polar surface area (TPSA) is 35.2 Å². The molecule has 1 aromatic rings. The van der Waals surface area contributed by atoms with Crippen LogP contribution in [-0.4, -0.2) is 13.7 Å². The van der Waals surface area contributed by atoms with Crippen molar-refractivity contribution in [1.82, 2.24) is 0 Å². The van der Waals surface area contributed by atoms with Gasteiger partial charge in [0.05, 0.1) is 7.11 Å². The number of rotatable bonds is 3. The highest BCUT2D eigenvalue weighted by atomic mass is 16.5. The molecule has 0 aromatic heterocycles. The molecule has 0 amide bonds. The molecule has 1 saturated carbocycles. The van der Waals surface area contributed by atoms with Crippen LogP contribution in [0.4, 0.5) is 0 Å². The minimum Gasteiger partial charge on any atom is -0.497 e. The van der Waals surface area contributed by atoms with Crippen molar-refractivity contribution in [1.29, 1.82) is 0 Å². The van der Waals surface area contributed by atoms with Gasteiger partial charge in [0.15, 0.2) is 0 Å². The van der Waals surface area contributed by atoms with E-state index in [1.807, 2.05) is 12.1 Å². The lowest BCUT2D eigenvalue weighted by Gasteiger charge is -2.41. The molecule has 76 valence electrons. The van der Waals surface area contributed by atoms with Crippen LogP contribution in [0.3, 0.4) is 0 Å². The molecule has 1 aliphatic rings. The Labute approximate surface area is 85.1 Å². The average Bonchev–Trinajstić information content (AvgIpc) is 2.18. The van der Waals surface area contributed by atoms with Crippen LogP contribution < -0.4 is 10.5 Å². The third kappa shape index (κ3) is 1.40. The summed E-state index contributed by atoms with van der Waals surface area (Å²) in [4.78, 5) is 0. The van der Waals surface area contributed by atoms with E-state index in [0.29, 0.717) is 0 Å². The lowest BCUT2D eigenvalue weighted by Crippen LogP contribution is -2.41. The molecule has 1 aromatic carbocycles. The number of ether oxygens (including phenoxy) is 1. The number of hydrogen-bond donors (Lipinski definition) is 1. The van der Waals surface area contributed by atoms with Gasteiger partial charge in [-0.2, -0.15) is 0 Å². The van der Waals surface area contributed by atoms with Crippen molar-refractivity contribution in [2.75, 3.05) is 13.7 Å². The molecular weight excluding hydrogens is 174 g/mol. The smallest absolute Gasteiger partial charge is 0.119 e. The molecule has 14 heavy (non-hydrogen) atoms. The standard InChI is InChI=1S/C12H17NO/c1-14-11-5-2-4-10(8-11)12(9-13)6-3-7-12/h2,4-5,8H,3,6-7,9,13H2,1H3. The third-order valence-electron chi connectivity index (χ3n) is 3.38. The fourth-order valence-corrected chi connectivity index (χ4v) is 2.17. The Balaban J connectivity index is 2.30. The summed E-state index contributed by atoms with van der Waals surface area (Å²) in [6, 6.07) is 8.30. The number of benzene rings is 1. The zero-order chi connectivity index (χ0) is 10.0. The maximum atomic E-state index is 5.85. The first-order valence-corrected chi connectivity index (χ1v) is 5.15. The molecule has 0 bridgehead atoms. The minimum atomic E-state index is 0.245. The van der Waals surface area contributed by atoms with Crippen molar-refractivity contribution in [3.8, 4) is 5.75 Å². The van der Waals surface area contributed by atoms with Crippen LogP contribution in [-0.2, 0) is 5.41 Å². The summed E-state index contributed by atoms with van der Waals surface area (Å²) in [5, 5.41) is 0. The zero-order valence-corrected chi connectivity index (χ0v) is 8.62. The monoisotopic (exact) mass is 191 g/mol. The molecule has 1 fully saturated rings. The van der Waals surface area contributed by atoms with Crippen LogP contribution in [0.1, 0.15) is 24.8 Å². The van der Waals surface area contributed by atoms with Gasteiger partial charge in [0.1, 0.15) is 5.75 Å². The number of methoxy groups -OCH3 is 1. The lowest BCUT2D eigenvalue weighted by atomic mass is 9.64. The Morgan fingerprint density at radius 1 is 1.43 bits per heavy atom. The quantitative estimate of drug-likeness (QED) is 0.793. The van der Waals surface area contributed by atoms with E-state index in [2.05, 4.69) is 12.1 Å². The predicted octanol–water partition coefficient (Wildman–Crippen LogP) is 2.08. The van der Waals surface area contributed by atoms with Crippen molar-refractivity contribution in [2.24, 2.45) is 5.73 Å². The van der Waals surface area contributed by atoms with Gasteiger partial charge in [-0.15, -0.1) is 0 Å². The van der Waals surface area contributed by atoms with E-state index in [1.54, 1.807) is 7.11 Å². The van der Waals surface area contributed by atoms with E-state index >= 15 is 0 Å². The van der Waals surface area contributed by atoms with Crippen LogP contribution in [0.15, 0.2) is 24.3 Å². The van der Waals surface area contributed by atoms with Gasteiger partial charge >= 0.3 is 0 Å². The molecular formula is C12H17NO. The highest BCUT2D eigenvalue weighted by Gasteiger charge is 2.37. The Morgan fingerprint density at radius 2 is 2.21 bits per heavy atom. The van der Waals surface area contributed by atoms with Crippen LogP contribution in [0, 0.1) is 0 Å². The molecule has 2 rings (SSSR count). The maximum absolute atomic E-state index is 5.85. The summed E-state index contributed by atoms with van der Waals surface area (Å²) >= 11 is 0. The molecule has 0 heterocycles. The van der Waals surface area contributed by atoms with E-state index in [9.17, 15) is 0 Å². The van der Waals surface area contributed by atoms with E-state index in [1.165, 1.54) is 24.8 Å². The molecule has 0 radical (unpaired) electrons. The first-order valence-electron chi connectivity index (χ1n) is 5.15. The third-order valence-corrected chi connectivity index (χ3v) is 3.38. The lowest BCUT2D eigenvalue weighted by molar-refractivity contribution is 0.252. The summed E-state index contributed by atoms with van der Waals surface area (Å²) in [7, 11) is 1.70. The van der Waals surface area contributed by atoms with Gasteiger partial charge in [0.25, 0.3) is 0 Å². The summed E-state index contributed by atoms with van der Waals surface area (Å²) in [5.41, 5.74) is 7.43. The summed E-state index contributed by atoms with van der Waals surface area (Å²) in [6.07, 6.45) is 3.74. The van der Waals surface area contributed by atoms with Gasteiger partial charge in [-0.1, -0.05) is 18.6 Å². The SMILES string of the molecule is COc1cccc(C2(CN)CCC2)c1. The molecule has 1 aliphatic carbocycles. The molecule has 0 unspecified atom stereocenters. The first kappa shape index (κ1) is 9.53. The van der Waals surface area contributed by atoms with Gasteiger partial charge in [-0.25, -0.2) is 0 Å². The number of hydrogen-bond acceptors (Lipinski definition) is 2. The summed E-state index contributed by atoms with van der Waals surface area (Å²) < 4.78 is 5.22. The van der Waals surface area contributed by atoms with Crippen molar-refractivity contribution in [3.63, 3.8) is 0 Å². The van der Waals surface area contributed by atoms with E-state index in [4.69, 9.17) is 10.5 Å². The normalized spacial score (nSPS) is 18.7. The Hall–Kier alpha value is -1.02. The first-order chi connectivity index (χ1) is 6.80. The van der Waals surface area contributed by atoms with Crippen molar-refractivity contribution >= 4 is 0 Å². The van der Waals surface area contributed by atoms with Gasteiger partial charge in [-0.3, -0.25) is 0 Å². The molecule has 0 saturated heterocycles. The van der Waals surface area contributed by atoms with Gasteiger partial charge in [-0.05, 0) is 30.5 Å². The molecule has 0 aliphatic heterocycles. The second kappa shape index (κ2) is 3.62. The van der Waals surface area contributed by atoms with Gasteiger partial charge in [0.2, 0.25) is 0 Å². The summed E-state index contributed by atoms with van der Waals surface area (Å²) in [5.74, 6) is 0.933. The molecule has 0 spiro atoms. The fraction of sp³-hybridized carbons (Fsp3) is 0.500. The summed E-state index contributed by atoms with van der Waals surface area (Å²) in [6.45, 7) is 0.750. The van der Waals surface area contributed by atoms with E-state index < -0.39 is 0 Å².